The summed E-state index contributed by atoms with van der Waals surface area (Å²) in [7, 11) is 0. The van der Waals surface area contributed by atoms with Gasteiger partial charge in [0.2, 0.25) is 0 Å². The van der Waals surface area contributed by atoms with Gasteiger partial charge >= 0.3 is 0 Å². The molecular weight excluding hydrogens is 132 g/mol. The third kappa shape index (κ3) is 5.90. The van der Waals surface area contributed by atoms with Crippen LogP contribution in [0.2, 0.25) is 0 Å². The Morgan fingerprint density at radius 3 is 2.36 bits per heavy atom. The largest absolute Gasteiger partial charge is 0.0845 e. The molecular formula is C11H20. The number of hydrogen-bond donors (Lipinski definition) is 0. The molecule has 0 saturated carbocycles. The molecule has 64 valence electrons. The molecule has 0 aliphatic carbocycles. The van der Waals surface area contributed by atoms with Gasteiger partial charge in [-0.1, -0.05) is 51.0 Å². The smallest absolute Gasteiger partial charge is 0.0285 e. The molecule has 0 radical (unpaired) electrons. The Labute approximate surface area is 71.0 Å². The van der Waals surface area contributed by atoms with Crippen LogP contribution >= 0.6 is 0 Å². The normalized spacial score (nSPS) is 13.4. The van der Waals surface area contributed by atoms with E-state index in [1.165, 1.54) is 18.4 Å². The molecule has 0 aromatic rings. The molecule has 0 atom stereocenters. The summed E-state index contributed by atoms with van der Waals surface area (Å²) in [6.07, 6.45) is 9.14. The van der Waals surface area contributed by atoms with Gasteiger partial charge in [-0.05, 0) is 19.3 Å². The average molecular weight is 152 g/mol. The summed E-state index contributed by atoms with van der Waals surface area (Å²) in [4.78, 5) is 0. The maximum Gasteiger partial charge on any atom is -0.0285 e. The van der Waals surface area contributed by atoms with Gasteiger partial charge in [-0.3, -0.25) is 0 Å². The molecule has 0 aliphatic rings. The van der Waals surface area contributed by atoms with E-state index in [1.54, 1.807) is 0 Å². The lowest BCUT2D eigenvalue weighted by molar-refractivity contribution is 0.826. The van der Waals surface area contributed by atoms with E-state index in [0.29, 0.717) is 5.92 Å². The fourth-order valence-corrected chi connectivity index (χ4v) is 0.929. The van der Waals surface area contributed by atoms with Gasteiger partial charge in [0.05, 0.1) is 0 Å². The van der Waals surface area contributed by atoms with Gasteiger partial charge in [-0.2, -0.15) is 0 Å². The van der Waals surface area contributed by atoms with Crippen LogP contribution in [0.4, 0.5) is 0 Å². The van der Waals surface area contributed by atoms with Crippen molar-refractivity contribution in [2.75, 3.05) is 0 Å². The SMILES string of the molecule is CC=C(C=CC(C)C)CCC. The summed E-state index contributed by atoms with van der Waals surface area (Å²) in [5.41, 5.74) is 1.46. The first-order chi connectivity index (χ1) is 5.20. The molecule has 0 aliphatic heterocycles. The third-order valence-electron chi connectivity index (χ3n) is 1.60. The summed E-state index contributed by atoms with van der Waals surface area (Å²) in [5.74, 6) is 0.668. The molecule has 0 heteroatoms. The van der Waals surface area contributed by atoms with Crippen LogP contribution in [-0.2, 0) is 0 Å². The lowest BCUT2D eigenvalue weighted by Crippen LogP contribution is -1.80. The van der Waals surface area contributed by atoms with Gasteiger partial charge in [0, 0.05) is 0 Å². The molecule has 0 aromatic carbocycles. The molecule has 0 saturated heterocycles. The van der Waals surface area contributed by atoms with Crippen molar-refractivity contribution in [2.45, 2.75) is 40.5 Å². The molecule has 0 spiro atoms. The predicted octanol–water partition coefficient (Wildman–Crippen LogP) is 3.95. The van der Waals surface area contributed by atoms with E-state index in [9.17, 15) is 0 Å². The summed E-state index contributed by atoms with van der Waals surface area (Å²) >= 11 is 0. The fourth-order valence-electron chi connectivity index (χ4n) is 0.929. The second-order valence-corrected chi connectivity index (χ2v) is 3.22. The zero-order chi connectivity index (χ0) is 8.69. The maximum atomic E-state index is 2.25. The highest BCUT2D eigenvalue weighted by Gasteiger charge is 1.88. The minimum atomic E-state index is 0.668. The Hall–Kier alpha value is -0.520. The maximum absolute atomic E-state index is 2.25. The monoisotopic (exact) mass is 152 g/mol. The van der Waals surface area contributed by atoms with Gasteiger partial charge in [-0.25, -0.2) is 0 Å². The Kier molecular flexibility index (Phi) is 5.91. The van der Waals surface area contributed by atoms with E-state index in [2.05, 4.69) is 45.9 Å². The topological polar surface area (TPSA) is 0 Å². The standard InChI is InChI=1S/C11H20/c1-5-7-11(6-2)9-8-10(3)4/h6,8-10H,5,7H2,1-4H3. The van der Waals surface area contributed by atoms with E-state index < -0.39 is 0 Å². The Morgan fingerprint density at radius 1 is 1.36 bits per heavy atom. The highest BCUT2D eigenvalue weighted by Crippen LogP contribution is 2.07. The predicted molar refractivity (Wildman–Crippen MR) is 52.6 cm³/mol. The van der Waals surface area contributed by atoms with Crippen LogP contribution < -0.4 is 0 Å². The highest BCUT2D eigenvalue weighted by atomic mass is 13.9. The van der Waals surface area contributed by atoms with Gasteiger partial charge < -0.3 is 0 Å². The molecule has 0 fully saturated rings. The van der Waals surface area contributed by atoms with Crippen LogP contribution in [-0.4, -0.2) is 0 Å². The Balaban J connectivity index is 3.88. The van der Waals surface area contributed by atoms with Crippen molar-refractivity contribution in [3.8, 4) is 0 Å². The number of hydrogen-bond acceptors (Lipinski definition) is 0. The lowest BCUT2D eigenvalue weighted by atomic mass is 10.1. The fraction of sp³-hybridized carbons (Fsp3) is 0.636. The van der Waals surface area contributed by atoms with Crippen molar-refractivity contribution in [3.05, 3.63) is 23.8 Å². The van der Waals surface area contributed by atoms with E-state index in [1.807, 2.05) is 0 Å². The first kappa shape index (κ1) is 10.5. The summed E-state index contributed by atoms with van der Waals surface area (Å²) < 4.78 is 0. The van der Waals surface area contributed by atoms with E-state index >= 15 is 0 Å². The Bertz CT molecular complexity index is 138. The molecule has 0 bridgehead atoms. The minimum absolute atomic E-state index is 0.668. The number of allylic oxidation sites excluding steroid dienone is 4. The first-order valence-corrected chi connectivity index (χ1v) is 4.54. The van der Waals surface area contributed by atoms with E-state index in [4.69, 9.17) is 0 Å². The second-order valence-electron chi connectivity index (χ2n) is 3.22. The summed E-state index contributed by atoms with van der Waals surface area (Å²) in [6.45, 7) is 8.73. The van der Waals surface area contributed by atoms with Crippen LogP contribution in [0, 0.1) is 5.92 Å². The summed E-state index contributed by atoms with van der Waals surface area (Å²) in [6, 6.07) is 0. The molecule has 11 heavy (non-hydrogen) atoms. The van der Waals surface area contributed by atoms with Crippen molar-refractivity contribution >= 4 is 0 Å². The molecule has 0 heterocycles. The molecule has 0 unspecified atom stereocenters. The van der Waals surface area contributed by atoms with Crippen LogP contribution in [0.1, 0.15) is 40.5 Å². The first-order valence-electron chi connectivity index (χ1n) is 4.54. The van der Waals surface area contributed by atoms with E-state index in [0.717, 1.165) is 0 Å². The van der Waals surface area contributed by atoms with Crippen molar-refractivity contribution < 1.29 is 0 Å². The van der Waals surface area contributed by atoms with Gasteiger partial charge in [-0.15, -0.1) is 0 Å². The average Bonchev–Trinajstić information content (AvgIpc) is 1.97. The van der Waals surface area contributed by atoms with Crippen molar-refractivity contribution in [1.82, 2.24) is 0 Å². The molecule has 0 nitrogen and oxygen atoms in total. The minimum Gasteiger partial charge on any atom is -0.0845 e. The zero-order valence-electron chi connectivity index (χ0n) is 8.22. The number of rotatable bonds is 4. The van der Waals surface area contributed by atoms with Crippen molar-refractivity contribution in [2.24, 2.45) is 5.92 Å². The van der Waals surface area contributed by atoms with Crippen LogP contribution in [0.25, 0.3) is 0 Å². The summed E-state index contributed by atoms with van der Waals surface area (Å²) in [5, 5.41) is 0. The van der Waals surface area contributed by atoms with Gasteiger partial charge in [0.15, 0.2) is 0 Å². The second kappa shape index (κ2) is 6.21. The quantitative estimate of drug-likeness (QED) is 0.535. The van der Waals surface area contributed by atoms with Crippen molar-refractivity contribution in [3.63, 3.8) is 0 Å². The third-order valence-corrected chi connectivity index (χ3v) is 1.60. The van der Waals surface area contributed by atoms with Gasteiger partial charge in [0.25, 0.3) is 0 Å². The molecule has 0 rings (SSSR count). The highest BCUT2D eigenvalue weighted by molar-refractivity contribution is 5.17. The molecule has 0 amide bonds. The zero-order valence-corrected chi connectivity index (χ0v) is 8.22. The molecule has 0 aromatic heterocycles. The van der Waals surface area contributed by atoms with Crippen LogP contribution in [0.5, 0.6) is 0 Å². The van der Waals surface area contributed by atoms with E-state index in [-0.39, 0.29) is 0 Å². The van der Waals surface area contributed by atoms with Crippen molar-refractivity contribution in [1.29, 1.82) is 0 Å². The molecule has 0 N–H and O–H groups in total. The lowest BCUT2D eigenvalue weighted by Gasteiger charge is -1.98. The Morgan fingerprint density at radius 2 is 2.00 bits per heavy atom. The van der Waals surface area contributed by atoms with Crippen LogP contribution in [0.3, 0.4) is 0 Å². The van der Waals surface area contributed by atoms with Crippen LogP contribution in [0.15, 0.2) is 23.8 Å². The van der Waals surface area contributed by atoms with Gasteiger partial charge in [0.1, 0.15) is 0 Å².